The second-order valence-electron chi connectivity index (χ2n) is 8.91. The van der Waals surface area contributed by atoms with E-state index in [0.717, 1.165) is 18.2 Å². The number of fused-ring (bicyclic) bond motifs is 4. The maximum Gasteiger partial charge on any atom is 0.509 e. The van der Waals surface area contributed by atoms with Crippen molar-refractivity contribution in [2.24, 2.45) is 0 Å². The van der Waals surface area contributed by atoms with Crippen molar-refractivity contribution in [3.05, 3.63) is 93.4 Å². The molecular formula is C26H22ClF2N3O7. The highest BCUT2D eigenvalue weighted by molar-refractivity contribution is 6.17. The van der Waals surface area contributed by atoms with Crippen molar-refractivity contribution in [3.63, 3.8) is 0 Å². The second-order valence-corrected chi connectivity index (χ2v) is 9.12. The molecule has 10 nitrogen and oxygen atoms in total. The van der Waals surface area contributed by atoms with Gasteiger partial charge in [0.2, 0.25) is 5.43 Å². The van der Waals surface area contributed by atoms with Crippen LogP contribution in [0.15, 0.2) is 59.5 Å². The van der Waals surface area contributed by atoms with Crippen LogP contribution in [0.25, 0.3) is 0 Å². The maximum absolute atomic E-state index is 14.7. The summed E-state index contributed by atoms with van der Waals surface area (Å²) in [6.45, 7) is -0.376. The summed E-state index contributed by atoms with van der Waals surface area (Å²) in [7, 11) is 1.47. The zero-order chi connectivity index (χ0) is 27.8. The van der Waals surface area contributed by atoms with Gasteiger partial charge in [0.05, 0.1) is 0 Å². The molecule has 0 spiro atoms. The number of ether oxygens (including phenoxy) is 3. The molecule has 2 unspecified atom stereocenters. The largest absolute Gasteiger partial charge is 0.509 e. The lowest BCUT2D eigenvalue weighted by molar-refractivity contribution is 0.0138. The molecule has 0 bridgehead atoms. The van der Waals surface area contributed by atoms with Crippen LogP contribution in [0.2, 0.25) is 0 Å². The molecule has 13 heteroatoms. The van der Waals surface area contributed by atoms with E-state index in [0.29, 0.717) is 5.56 Å². The van der Waals surface area contributed by atoms with E-state index in [2.05, 4.69) is 4.74 Å². The van der Waals surface area contributed by atoms with Gasteiger partial charge >= 0.3 is 6.16 Å². The van der Waals surface area contributed by atoms with Crippen molar-refractivity contribution >= 4 is 23.7 Å². The van der Waals surface area contributed by atoms with Crippen LogP contribution in [0.5, 0.6) is 11.5 Å². The van der Waals surface area contributed by atoms with Gasteiger partial charge in [-0.25, -0.2) is 13.6 Å². The van der Waals surface area contributed by atoms with Crippen LogP contribution in [-0.2, 0) is 9.47 Å². The second kappa shape index (κ2) is 10.4. The van der Waals surface area contributed by atoms with Gasteiger partial charge < -0.3 is 24.2 Å². The molecule has 204 valence electrons. The fourth-order valence-electron chi connectivity index (χ4n) is 4.88. The summed E-state index contributed by atoms with van der Waals surface area (Å²) in [6, 6.07) is 10.5. The molecule has 0 fully saturated rings. The molecule has 2 aliphatic rings. The number of nitrogens with zero attached hydrogens (tertiary/aromatic N) is 3. The topological polar surface area (TPSA) is 111 Å². The lowest BCUT2D eigenvalue weighted by atomic mass is 9.94. The molecular weight excluding hydrogens is 540 g/mol. The Morgan fingerprint density at radius 2 is 1.85 bits per heavy atom. The van der Waals surface area contributed by atoms with Crippen molar-refractivity contribution in [3.8, 4) is 11.5 Å². The van der Waals surface area contributed by atoms with E-state index < -0.39 is 59.3 Å². The number of rotatable bonds is 4. The summed E-state index contributed by atoms with van der Waals surface area (Å²) < 4.78 is 46.3. The Balaban J connectivity index is 1.75. The molecule has 1 N–H and O–H groups in total. The first-order chi connectivity index (χ1) is 18.7. The molecule has 3 heterocycles. The summed E-state index contributed by atoms with van der Waals surface area (Å²) in [5.74, 6) is -3.76. The Morgan fingerprint density at radius 3 is 2.56 bits per heavy atom. The SMILES string of the molecule is CN1C(=O)c2c(O)c(=O)ccn2N2C(c3ccccc3)c3cc(F)c(F)cc3OC(COC(=O)OCCl)C[C@@H]12. The molecule has 5 rings (SSSR count). The van der Waals surface area contributed by atoms with E-state index in [9.17, 15) is 28.3 Å². The van der Waals surface area contributed by atoms with E-state index in [-0.39, 0.29) is 30.0 Å². The van der Waals surface area contributed by atoms with E-state index in [1.54, 1.807) is 35.3 Å². The number of benzene rings is 2. The number of alkyl halides is 1. The smallest absolute Gasteiger partial charge is 0.502 e. The van der Waals surface area contributed by atoms with Crippen molar-refractivity contribution < 1.29 is 37.7 Å². The Kier molecular flexibility index (Phi) is 7.04. The third kappa shape index (κ3) is 4.71. The number of carbonyl (C=O) groups is 2. The molecule has 0 aliphatic carbocycles. The Labute approximate surface area is 225 Å². The molecule has 2 aliphatic heterocycles. The van der Waals surface area contributed by atoms with Gasteiger partial charge in [0.1, 0.15) is 30.7 Å². The number of halogens is 3. The summed E-state index contributed by atoms with van der Waals surface area (Å²) >= 11 is 5.41. The molecule has 0 radical (unpaired) electrons. The number of aromatic nitrogens is 1. The zero-order valence-corrected chi connectivity index (χ0v) is 21.2. The van der Waals surface area contributed by atoms with Gasteiger partial charge in [-0.2, -0.15) is 0 Å². The first kappa shape index (κ1) is 26.3. The average molecular weight is 562 g/mol. The van der Waals surface area contributed by atoms with Crippen LogP contribution in [0, 0.1) is 11.6 Å². The number of hydrogen-bond donors (Lipinski definition) is 1. The Morgan fingerprint density at radius 1 is 1.13 bits per heavy atom. The zero-order valence-electron chi connectivity index (χ0n) is 20.4. The lowest BCUT2D eigenvalue weighted by Crippen LogP contribution is -2.63. The fraction of sp³-hybridized carbons (Fsp3) is 0.269. The third-order valence-corrected chi connectivity index (χ3v) is 6.74. The van der Waals surface area contributed by atoms with E-state index >= 15 is 0 Å². The minimum atomic E-state index is -1.16. The lowest BCUT2D eigenvalue weighted by Gasteiger charge is -2.50. The van der Waals surface area contributed by atoms with Crippen LogP contribution in [0.4, 0.5) is 13.6 Å². The van der Waals surface area contributed by atoms with Gasteiger partial charge in [-0.3, -0.25) is 19.3 Å². The van der Waals surface area contributed by atoms with Crippen LogP contribution < -0.4 is 15.2 Å². The third-order valence-electron chi connectivity index (χ3n) is 6.63. The van der Waals surface area contributed by atoms with Crippen molar-refractivity contribution in [2.45, 2.75) is 24.7 Å². The summed E-state index contributed by atoms with van der Waals surface area (Å²) in [5.41, 5.74) is -0.257. The molecule has 1 amide bonds. The minimum Gasteiger partial charge on any atom is -0.502 e. The quantitative estimate of drug-likeness (QED) is 0.381. The molecule has 3 aromatic rings. The average Bonchev–Trinajstić information content (AvgIpc) is 2.91. The Hall–Kier alpha value is -4.32. The highest BCUT2D eigenvalue weighted by Gasteiger charge is 2.45. The number of amides is 1. The number of aromatic hydroxyl groups is 1. The van der Waals surface area contributed by atoms with E-state index in [1.165, 1.54) is 22.8 Å². The predicted molar refractivity (Wildman–Crippen MR) is 133 cm³/mol. The van der Waals surface area contributed by atoms with Gasteiger partial charge in [-0.1, -0.05) is 41.9 Å². The molecule has 2 aromatic carbocycles. The summed E-state index contributed by atoms with van der Waals surface area (Å²) in [5, 5.41) is 12.3. The fourth-order valence-corrected chi connectivity index (χ4v) is 4.97. The van der Waals surface area contributed by atoms with Gasteiger partial charge in [0.25, 0.3) is 5.91 Å². The van der Waals surface area contributed by atoms with Gasteiger partial charge in [0, 0.05) is 37.4 Å². The number of hydrogen-bond acceptors (Lipinski definition) is 8. The van der Waals surface area contributed by atoms with Crippen molar-refractivity contribution in [1.29, 1.82) is 0 Å². The maximum atomic E-state index is 14.7. The minimum absolute atomic E-state index is 0.00446. The molecule has 0 saturated carbocycles. The first-order valence-electron chi connectivity index (χ1n) is 11.8. The summed E-state index contributed by atoms with van der Waals surface area (Å²) in [4.78, 5) is 38.8. The Bertz CT molecular complexity index is 1490. The van der Waals surface area contributed by atoms with Crippen molar-refractivity contribution in [1.82, 2.24) is 9.58 Å². The molecule has 1 aromatic heterocycles. The normalized spacial score (nSPS) is 20.1. The highest BCUT2D eigenvalue weighted by atomic mass is 35.5. The summed E-state index contributed by atoms with van der Waals surface area (Å²) in [6.07, 6.45) is -1.54. The van der Waals surface area contributed by atoms with Crippen LogP contribution in [0.1, 0.15) is 34.1 Å². The first-order valence-corrected chi connectivity index (χ1v) is 12.3. The van der Waals surface area contributed by atoms with E-state index in [1.807, 2.05) is 0 Å². The van der Waals surface area contributed by atoms with Crippen molar-refractivity contribution in [2.75, 3.05) is 24.7 Å². The van der Waals surface area contributed by atoms with Crippen LogP contribution >= 0.6 is 11.6 Å². The standard InChI is InChI=1S/C26H22ClF2N3O7/c1-30-21-9-15(12-37-26(36)38-13-27)39-20-11-18(29)17(28)10-16(20)22(14-5-3-2-4-6-14)32(21)31-8-7-19(33)24(34)23(31)25(30)35/h2-8,10-11,15,21-22,34H,9,12-13H2,1H3/t15?,21-,22?/m0/s1. The predicted octanol–water partition coefficient (Wildman–Crippen LogP) is 3.47. The molecule has 3 atom stereocenters. The van der Waals surface area contributed by atoms with Crippen LogP contribution in [0.3, 0.4) is 0 Å². The van der Waals surface area contributed by atoms with Crippen LogP contribution in [-0.4, -0.2) is 58.7 Å². The van der Waals surface area contributed by atoms with Gasteiger partial charge in [0.15, 0.2) is 29.1 Å². The molecule has 0 saturated heterocycles. The molecule has 39 heavy (non-hydrogen) atoms. The number of carbonyl (C=O) groups excluding carboxylic acids is 2. The van der Waals surface area contributed by atoms with Gasteiger partial charge in [-0.05, 0) is 11.6 Å². The highest BCUT2D eigenvalue weighted by Crippen LogP contribution is 2.42. The monoisotopic (exact) mass is 561 g/mol. The van der Waals surface area contributed by atoms with Gasteiger partial charge in [-0.15, -0.1) is 0 Å². The van der Waals surface area contributed by atoms with E-state index in [4.69, 9.17) is 21.1 Å². The number of pyridine rings is 1.